The highest BCUT2D eigenvalue weighted by atomic mass is 15.3. The third kappa shape index (κ3) is 4.84. The fourth-order valence-corrected chi connectivity index (χ4v) is 2.91. The van der Waals surface area contributed by atoms with Crippen molar-refractivity contribution in [3.63, 3.8) is 0 Å². The number of rotatable bonds is 6. The average Bonchev–Trinajstić information content (AvgIpc) is 2.55. The molecule has 1 fully saturated rings. The van der Waals surface area contributed by atoms with E-state index >= 15 is 0 Å². The topological polar surface area (TPSA) is 54.1 Å². The molecular formula is C18H24N4. The predicted molar refractivity (Wildman–Crippen MR) is 86.8 cm³/mol. The van der Waals surface area contributed by atoms with Crippen molar-refractivity contribution in [3.8, 4) is 12.1 Å². The fraction of sp³-hybridized carbons (Fsp3) is 0.556. The Kier molecular flexibility index (Phi) is 6.40. The summed E-state index contributed by atoms with van der Waals surface area (Å²) in [4.78, 5) is 4.84. The number of hydrogen-bond donors (Lipinski definition) is 0. The zero-order valence-corrected chi connectivity index (χ0v) is 13.3. The van der Waals surface area contributed by atoms with Crippen molar-refractivity contribution in [2.45, 2.75) is 26.3 Å². The van der Waals surface area contributed by atoms with Gasteiger partial charge in [-0.1, -0.05) is 24.3 Å². The minimum atomic E-state index is -0.0115. The van der Waals surface area contributed by atoms with Crippen LogP contribution < -0.4 is 0 Å². The molecule has 0 N–H and O–H groups in total. The third-order valence-corrected chi connectivity index (χ3v) is 4.39. The molecular weight excluding hydrogens is 272 g/mol. The van der Waals surface area contributed by atoms with Gasteiger partial charge in [-0.3, -0.25) is 9.80 Å². The van der Waals surface area contributed by atoms with E-state index in [2.05, 4.69) is 53.1 Å². The van der Waals surface area contributed by atoms with Crippen molar-refractivity contribution in [2.24, 2.45) is 5.92 Å². The van der Waals surface area contributed by atoms with Gasteiger partial charge in [-0.15, -0.1) is 0 Å². The van der Waals surface area contributed by atoms with Crippen LogP contribution >= 0.6 is 0 Å². The molecule has 1 atom stereocenters. The molecule has 1 aromatic rings. The average molecular weight is 296 g/mol. The number of benzene rings is 1. The zero-order chi connectivity index (χ0) is 15.8. The highest BCUT2D eigenvalue weighted by molar-refractivity contribution is 5.25. The highest BCUT2D eigenvalue weighted by Gasteiger charge is 2.20. The van der Waals surface area contributed by atoms with Crippen LogP contribution in [0.4, 0.5) is 0 Å². The molecule has 22 heavy (non-hydrogen) atoms. The lowest BCUT2D eigenvalue weighted by Gasteiger charge is -2.35. The first-order valence-electron chi connectivity index (χ1n) is 7.98. The summed E-state index contributed by atoms with van der Waals surface area (Å²) in [5.74, 6) is -0.0115. The number of aryl methyl sites for hydroxylation is 1. The van der Waals surface area contributed by atoms with Gasteiger partial charge in [-0.25, -0.2) is 0 Å². The van der Waals surface area contributed by atoms with Crippen molar-refractivity contribution in [1.29, 1.82) is 10.5 Å². The zero-order valence-electron chi connectivity index (χ0n) is 13.3. The molecule has 4 heteroatoms. The summed E-state index contributed by atoms with van der Waals surface area (Å²) >= 11 is 0. The molecule has 0 radical (unpaired) electrons. The lowest BCUT2D eigenvalue weighted by atomic mass is 10.0. The van der Waals surface area contributed by atoms with Crippen LogP contribution in [0.5, 0.6) is 0 Å². The van der Waals surface area contributed by atoms with E-state index in [1.54, 1.807) is 0 Å². The second kappa shape index (κ2) is 8.54. The molecule has 2 rings (SSSR count). The van der Waals surface area contributed by atoms with Crippen LogP contribution in [0, 0.1) is 35.5 Å². The van der Waals surface area contributed by atoms with Crippen LogP contribution in [0.25, 0.3) is 0 Å². The van der Waals surface area contributed by atoms with Gasteiger partial charge >= 0.3 is 0 Å². The standard InChI is InChI=1S/C18H24N4/c1-16-5-2-3-7-18(16)15-22-11-9-21(10-12-22)14-17(13-20)6-4-8-19/h2-3,5,7,17H,4,6,9-12,14-15H2,1H3/t17-/m1/s1. The summed E-state index contributed by atoms with van der Waals surface area (Å²) < 4.78 is 0. The van der Waals surface area contributed by atoms with Crippen molar-refractivity contribution in [2.75, 3.05) is 32.7 Å². The lowest BCUT2D eigenvalue weighted by Crippen LogP contribution is -2.47. The Balaban J connectivity index is 1.77. The molecule has 1 heterocycles. The Morgan fingerprint density at radius 1 is 1.09 bits per heavy atom. The van der Waals surface area contributed by atoms with Gasteiger partial charge in [0, 0.05) is 45.7 Å². The maximum absolute atomic E-state index is 9.16. The molecule has 1 aliphatic rings. The maximum atomic E-state index is 9.16. The van der Waals surface area contributed by atoms with Gasteiger partial charge in [-0.05, 0) is 24.5 Å². The predicted octanol–water partition coefficient (Wildman–Crippen LogP) is 2.56. The van der Waals surface area contributed by atoms with Gasteiger partial charge in [0.2, 0.25) is 0 Å². The van der Waals surface area contributed by atoms with Crippen molar-refractivity contribution in [1.82, 2.24) is 9.80 Å². The summed E-state index contributed by atoms with van der Waals surface area (Å²) in [7, 11) is 0. The summed E-state index contributed by atoms with van der Waals surface area (Å²) in [5, 5.41) is 17.8. The Labute approximate surface area is 133 Å². The minimum absolute atomic E-state index is 0.0115. The van der Waals surface area contributed by atoms with E-state index in [0.717, 1.165) is 39.3 Å². The smallest absolute Gasteiger partial charge is 0.0669 e. The van der Waals surface area contributed by atoms with Crippen molar-refractivity contribution in [3.05, 3.63) is 35.4 Å². The van der Waals surface area contributed by atoms with Crippen LogP contribution in [0.1, 0.15) is 24.0 Å². The van der Waals surface area contributed by atoms with Crippen LogP contribution in [0.3, 0.4) is 0 Å². The van der Waals surface area contributed by atoms with Gasteiger partial charge in [0.05, 0.1) is 18.1 Å². The van der Waals surface area contributed by atoms with E-state index in [9.17, 15) is 0 Å². The van der Waals surface area contributed by atoms with E-state index in [1.807, 2.05) is 0 Å². The molecule has 116 valence electrons. The minimum Gasteiger partial charge on any atom is -0.299 e. The number of nitriles is 2. The summed E-state index contributed by atoms with van der Waals surface area (Å²) in [6.07, 6.45) is 1.17. The summed E-state index contributed by atoms with van der Waals surface area (Å²) in [6.45, 7) is 8.09. The number of piperazine rings is 1. The van der Waals surface area contributed by atoms with Crippen LogP contribution in [-0.4, -0.2) is 42.5 Å². The Bertz CT molecular complexity index is 547. The SMILES string of the molecule is Cc1ccccc1CN1CCN(C[C@@H](C#N)CCC#N)CC1. The molecule has 0 spiro atoms. The van der Waals surface area contributed by atoms with Crippen LogP contribution in [0.15, 0.2) is 24.3 Å². The highest BCUT2D eigenvalue weighted by Crippen LogP contribution is 2.14. The second-order valence-corrected chi connectivity index (χ2v) is 6.03. The van der Waals surface area contributed by atoms with E-state index in [4.69, 9.17) is 10.5 Å². The largest absolute Gasteiger partial charge is 0.299 e. The maximum Gasteiger partial charge on any atom is 0.0669 e. The first-order chi connectivity index (χ1) is 10.7. The van der Waals surface area contributed by atoms with E-state index in [-0.39, 0.29) is 5.92 Å². The third-order valence-electron chi connectivity index (χ3n) is 4.39. The molecule has 0 saturated carbocycles. The van der Waals surface area contributed by atoms with Crippen molar-refractivity contribution >= 4 is 0 Å². The summed E-state index contributed by atoms with van der Waals surface area (Å²) in [5.41, 5.74) is 2.76. The molecule has 1 aromatic carbocycles. The second-order valence-electron chi connectivity index (χ2n) is 6.03. The molecule has 0 aliphatic carbocycles. The Hall–Kier alpha value is -1.88. The van der Waals surface area contributed by atoms with E-state index in [0.29, 0.717) is 12.8 Å². The van der Waals surface area contributed by atoms with Gasteiger partial charge < -0.3 is 0 Å². The first-order valence-corrected chi connectivity index (χ1v) is 7.98. The van der Waals surface area contributed by atoms with Gasteiger partial charge in [-0.2, -0.15) is 10.5 Å². The molecule has 0 aromatic heterocycles. The molecule has 0 unspecified atom stereocenters. The van der Waals surface area contributed by atoms with Crippen molar-refractivity contribution < 1.29 is 0 Å². The molecule has 0 amide bonds. The van der Waals surface area contributed by atoms with Crippen LogP contribution in [0.2, 0.25) is 0 Å². The Morgan fingerprint density at radius 2 is 1.77 bits per heavy atom. The molecule has 4 nitrogen and oxygen atoms in total. The quantitative estimate of drug-likeness (QED) is 0.809. The van der Waals surface area contributed by atoms with E-state index in [1.165, 1.54) is 11.1 Å². The fourth-order valence-electron chi connectivity index (χ4n) is 2.91. The lowest BCUT2D eigenvalue weighted by molar-refractivity contribution is 0.118. The molecule has 1 saturated heterocycles. The Morgan fingerprint density at radius 3 is 2.41 bits per heavy atom. The molecule has 0 bridgehead atoms. The van der Waals surface area contributed by atoms with Crippen LogP contribution in [-0.2, 0) is 6.54 Å². The first kappa shape index (κ1) is 16.5. The van der Waals surface area contributed by atoms with Gasteiger partial charge in [0.15, 0.2) is 0 Å². The number of hydrogen-bond acceptors (Lipinski definition) is 4. The number of nitrogens with zero attached hydrogens (tertiary/aromatic N) is 4. The van der Waals surface area contributed by atoms with Gasteiger partial charge in [0.25, 0.3) is 0 Å². The van der Waals surface area contributed by atoms with E-state index < -0.39 is 0 Å². The summed E-state index contributed by atoms with van der Waals surface area (Å²) in [6, 6.07) is 13.0. The van der Waals surface area contributed by atoms with Gasteiger partial charge in [0.1, 0.15) is 0 Å². The normalized spacial score (nSPS) is 17.6. The monoisotopic (exact) mass is 296 g/mol. The molecule has 1 aliphatic heterocycles.